The first-order valence-electron chi connectivity index (χ1n) is 4.47. The van der Waals surface area contributed by atoms with Gasteiger partial charge in [0, 0.05) is 0 Å². The number of hydrazine groups is 1. The van der Waals surface area contributed by atoms with E-state index in [1.807, 2.05) is 0 Å². The van der Waals surface area contributed by atoms with Crippen molar-refractivity contribution in [3.05, 3.63) is 24.7 Å². The van der Waals surface area contributed by atoms with E-state index >= 15 is 0 Å². The second-order valence-electron chi connectivity index (χ2n) is 2.98. The van der Waals surface area contributed by atoms with Crippen LogP contribution in [0.1, 0.15) is 0 Å². The van der Waals surface area contributed by atoms with Gasteiger partial charge in [0.15, 0.2) is 5.76 Å². The number of furan rings is 1. The molecule has 0 aliphatic rings. The summed E-state index contributed by atoms with van der Waals surface area (Å²) in [4.78, 5) is 12.1. The van der Waals surface area contributed by atoms with Gasteiger partial charge in [0.1, 0.15) is 6.33 Å². The Balaban J connectivity index is 2.16. The lowest BCUT2D eigenvalue weighted by Gasteiger charge is -1.94. The van der Waals surface area contributed by atoms with Crippen LogP contribution in [0.2, 0.25) is 0 Å². The highest BCUT2D eigenvalue weighted by Gasteiger charge is 2.10. The fraction of sp³-hybridized carbons (Fsp3) is 0. The molecule has 3 aromatic rings. The smallest absolute Gasteiger partial charge is 0.257 e. The van der Waals surface area contributed by atoms with Crippen molar-refractivity contribution in [3.63, 3.8) is 0 Å². The van der Waals surface area contributed by atoms with Gasteiger partial charge < -0.3 is 4.42 Å². The van der Waals surface area contributed by atoms with Crippen LogP contribution in [0, 0.1) is 0 Å². The first kappa shape index (κ1) is 8.80. The van der Waals surface area contributed by atoms with Crippen LogP contribution in [0.3, 0.4) is 0 Å². The molecule has 16 heavy (non-hydrogen) atoms. The monoisotopic (exact) mass is 217 g/mol. The summed E-state index contributed by atoms with van der Waals surface area (Å²) >= 11 is 0. The Morgan fingerprint density at radius 2 is 2.31 bits per heavy atom. The average molecular weight is 217 g/mol. The summed E-state index contributed by atoms with van der Waals surface area (Å²) in [5, 5.41) is 4.15. The van der Waals surface area contributed by atoms with Crippen LogP contribution in [-0.2, 0) is 0 Å². The van der Waals surface area contributed by atoms with Crippen molar-refractivity contribution < 1.29 is 4.42 Å². The van der Waals surface area contributed by atoms with Crippen LogP contribution >= 0.6 is 0 Å². The van der Waals surface area contributed by atoms with Crippen molar-refractivity contribution in [2.45, 2.75) is 0 Å². The van der Waals surface area contributed by atoms with Crippen molar-refractivity contribution in [2.24, 2.45) is 5.84 Å². The van der Waals surface area contributed by atoms with Gasteiger partial charge in [-0.3, -0.25) is 5.43 Å². The van der Waals surface area contributed by atoms with E-state index in [4.69, 9.17) is 10.3 Å². The van der Waals surface area contributed by atoms with Crippen LogP contribution in [0.25, 0.3) is 17.4 Å². The number of nitrogens with two attached hydrogens (primary N) is 1. The molecule has 0 saturated carbocycles. The normalized spacial score (nSPS) is 10.8. The summed E-state index contributed by atoms with van der Waals surface area (Å²) in [7, 11) is 0. The molecule has 0 aromatic carbocycles. The van der Waals surface area contributed by atoms with Gasteiger partial charge in [-0.1, -0.05) is 0 Å². The molecule has 0 fully saturated rings. The fourth-order valence-corrected chi connectivity index (χ4v) is 1.28. The zero-order valence-corrected chi connectivity index (χ0v) is 8.03. The number of fused-ring (bicyclic) bond motifs is 1. The van der Waals surface area contributed by atoms with Crippen molar-refractivity contribution >= 4 is 11.7 Å². The number of nitrogens with zero attached hydrogens (tertiary/aromatic N) is 5. The molecule has 0 saturated heterocycles. The van der Waals surface area contributed by atoms with E-state index in [9.17, 15) is 0 Å². The molecule has 3 rings (SSSR count). The largest absolute Gasteiger partial charge is 0.461 e. The number of nitrogen functional groups attached to an aromatic ring is 1. The molecule has 8 heteroatoms. The minimum absolute atomic E-state index is 0.283. The van der Waals surface area contributed by atoms with E-state index in [1.165, 1.54) is 10.8 Å². The summed E-state index contributed by atoms with van der Waals surface area (Å²) in [5.41, 5.74) is 2.34. The predicted molar refractivity (Wildman–Crippen MR) is 54.1 cm³/mol. The van der Waals surface area contributed by atoms with E-state index < -0.39 is 0 Å². The third kappa shape index (κ3) is 1.28. The third-order valence-electron chi connectivity index (χ3n) is 1.98. The summed E-state index contributed by atoms with van der Waals surface area (Å²) in [6.07, 6.45) is 3.02. The minimum atomic E-state index is 0.283. The van der Waals surface area contributed by atoms with E-state index in [1.54, 1.807) is 18.4 Å². The molecule has 3 heterocycles. The maximum Gasteiger partial charge on any atom is 0.257 e. The molecular weight excluding hydrogens is 210 g/mol. The molecule has 0 radical (unpaired) electrons. The number of aromatic nitrogens is 5. The molecule has 3 N–H and O–H groups in total. The first-order chi connectivity index (χ1) is 7.86. The number of hydrogen-bond acceptors (Lipinski definition) is 7. The lowest BCUT2D eigenvalue weighted by molar-refractivity contribution is 0.577. The second kappa shape index (κ2) is 3.28. The molecule has 0 aliphatic carbocycles. The summed E-state index contributed by atoms with van der Waals surface area (Å²) in [5.74, 6) is 6.90. The van der Waals surface area contributed by atoms with E-state index in [0.717, 1.165) is 0 Å². The fourth-order valence-electron chi connectivity index (χ4n) is 1.28. The van der Waals surface area contributed by atoms with Crippen molar-refractivity contribution in [1.82, 2.24) is 24.6 Å². The minimum Gasteiger partial charge on any atom is -0.461 e. The van der Waals surface area contributed by atoms with Crippen LogP contribution < -0.4 is 11.3 Å². The molecular formula is C8H7N7O. The number of anilines is 1. The van der Waals surface area contributed by atoms with Crippen LogP contribution in [0.15, 0.2) is 29.1 Å². The highest BCUT2D eigenvalue weighted by molar-refractivity contribution is 5.50. The molecule has 0 unspecified atom stereocenters. The van der Waals surface area contributed by atoms with Gasteiger partial charge in [-0.15, -0.1) is 5.10 Å². The Hall–Kier alpha value is -2.48. The van der Waals surface area contributed by atoms with Gasteiger partial charge in [0.25, 0.3) is 5.78 Å². The zero-order valence-electron chi connectivity index (χ0n) is 8.03. The maximum atomic E-state index is 5.19. The standard InChI is InChI=1S/C8H7N7O/c9-13-7-10-4-15-8(12-7)11-6(14-15)5-2-1-3-16-5/h1-4H,9H2,(H,11,12,13,14). The molecule has 8 nitrogen and oxygen atoms in total. The highest BCUT2D eigenvalue weighted by Crippen LogP contribution is 2.15. The Bertz CT molecular complexity index is 614. The zero-order chi connectivity index (χ0) is 11.0. The van der Waals surface area contributed by atoms with Crippen molar-refractivity contribution in [1.29, 1.82) is 0 Å². The molecule has 0 aliphatic heterocycles. The molecule has 0 amide bonds. The predicted octanol–water partition coefficient (Wildman–Crippen LogP) is 0.0649. The van der Waals surface area contributed by atoms with Crippen molar-refractivity contribution in [2.75, 3.05) is 5.43 Å². The molecule has 0 bridgehead atoms. The number of rotatable bonds is 2. The second-order valence-corrected chi connectivity index (χ2v) is 2.98. The lowest BCUT2D eigenvalue weighted by atomic mass is 10.4. The van der Waals surface area contributed by atoms with Gasteiger partial charge in [-0.25, -0.2) is 10.8 Å². The first-order valence-corrected chi connectivity index (χ1v) is 4.47. The number of nitrogens with one attached hydrogen (secondary N) is 1. The molecule has 3 aromatic heterocycles. The molecule has 80 valence electrons. The van der Waals surface area contributed by atoms with Crippen LogP contribution in [0.5, 0.6) is 0 Å². The summed E-state index contributed by atoms with van der Waals surface area (Å²) in [6, 6.07) is 3.53. The van der Waals surface area contributed by atoms with E-state index in [0.29, 0.717) is 17.4 Å². The molecule has 0 atom stereocenters. The van der Waals surface area contributed by atoms with Gasteiger partial charge >= 0.3 is 0 Å². The quantitative estimate of drug-likeness (QED) is 0.461. The highest BCUT2D eigenvalue weighted by atomic mass is 16.3. The van der Waals surface area contributed by atoms with Gasteiger partial charge in [-0.2, -0.15) is 14.5 Å². The third-order valence-corrected chi connectivity index (χ3v) is 1.98. The Labute approximate surface area is 89.1 Å². The van der Waals surface area contributed by atoms with Crippen LogP contribution in [-0.4, -0.2) is 24.6 Å². The van der Waals surface area contributed by atoms with Gasteiger partial charge in [0.05, 0.1) is 6.26 Å². The SMILES string of the molecule is NNc1ncn2nc(-c3ccco3)nc2n1. The van der Waals surface area contributed by atoms with E-state index in [-0.39, 0.29) is 5.95 Å². The average Bonchev–Trinajstić information content (AvgIpc) is 2.96. The van der Waals surface area contributed by atoms with Gasteiger partial charge in [-0.05, 0) is 12.1 Å². The molecule has 0 spiro atoms. The summed E-state index contributed by atoms with van der Waals surface area (Å²) in [6.45, 7) is 0. The topological polar surface area (TPSA) is 107 Å². The lowest BCUT2D eigenvalue weighted by Crippen LogP contribution is -2.11. The Morgan fingerprint density at radius 1 is 1.38 bits per heavy atom. The van der Waals surface area contributed by atoms with Crippen molar-refractivity contribution in [3.8, 4) is 11.6 Å². The number of hydrogen-bond donors (Lipinski definition) is 2. The van der Waals surface area contributed by atoms with Crippen LogP contribution in [0.4, 0.5) is 5.95 Å². The maximum absolute atomic E-state index is 5.19. The Morgan fingerprint density at radius 3 is 3.06 bits per heavy atom. The van der Waals surface area contributed by atoms with E-state index in [2.05, 4.69) is 25.5 Å². The summed E-state index contributed by atoms with van der Waals surface area (Å²) < 4.78 is 6.62. The van der Waals surface area contributed by atoms with Gasteiger partial charge in [0.2, 0.25) is 11.8 Å². The Kier molecular flexibility index (Phi) is 1.80.